The minimum Gasteiger partial charge on any atom is -0.497 e. The lowest BCUT2D eigenvalue weighted by atomic mass is 9.98. The first-order chi connectivity index (χ1) is 10.3. The molecule has 0 N–H and O–H groups in total. The molecular weight excluding hydrogens is 286 g/mol. The quantitative estimate of drug-likeness (QED) is 0.736. The van der Waals surface area contributed by atoms with Gasteiger partial charge in [-0.05, 0) is 35.4 Å². The SMILES string of the molecule is COc1ccc(-c2cnnc(Cl)c2-c2ccncc2)cc1. The number of rotatable bonds is 3. The lowest BCUT2D eigenvalue weighted by Crippen LogP contribution is -1.92. The third kappa shape index (κ3) is 2.71. The number of hydrogen-bond acceptors (Lipinski definition) is 4. The number of methoxy groups -OCH3 is 1. The maximum atomic E-state index is 6.25. The van der Waals surface area contributed by atoms with Crippen LogP contribution in [0, 0.1) is 0 Å². The average molecular weight is 298 g/mol. The normalized spacial score (nSPS) is 10.4. The minimum atomic E-state index is 0.370. The van der Waals surface area contributed by atoms with Gasteiger partial charge in [0.05, 0.1) is 13.3 Å². The highest BCUT2D eigenvalue weighted by molar-refractivity contribution is 6.32. The van der Waals surface area contributed by atoms with Gasteiger partial charge < -0.3 is 4.74 Å². The maximum absolute atomic E-state index is 6.25. The number of halogens is 1. The molecule has 0 radical (unpaired) electrons. The van der Waals surface area contributed by atoms with E-state index < -0.39 is 0 Å². The predicted octanol–water partition coefficient (Wildman–Crippen LogP) is 3.87. The highest BCUT2D eigenvalue weighted by Gasteiger charge is 2.13. The van der Waals surface area contributed by atoms with Crippen molar-refractivity contribution in [1.82, 2.24) is 15.2 Å². The number of ether oxygens (including phenoxy) is 1. The van der Waals surface area contributed by atoms with Crippen LogP contribution in [0.1, 0.15) is 0 Å². The van der Waals surface area contributed by atoms with Crippen LogP contribution in [0.15, 0.2) is 55.0 Å². The van der Waals surface area contributed by atoms with Crippen molar-refractivity contribution in [1.29, 1.82) is 0 Å². The molecular formula is C16H12ClN3O. The summed E-state index contributed by atoms with van der Waals surface area (Å²) in [7, 11) is 1.64. The summed E-state index contributed by atoms with van der Waals surface area (Å²) in [6.07, 6.45) is 5.16. The van der Waals surface area contributed by atoms with Crippen molar-refractivity contribution in [2.24, 2.45) is 0 Å². The standard InChI is InChI=1S/C16H12ClN3O/c1-21-13-4-2-11(3-5-13)14-10-19-20-16(17)15(14)12-6-8-18-9-7-12/h2-10H,1H3. The highest BCUT2D eigenvalue weighted by Crippen LogP contribution is 2.35. The third-order valence-corrected chi connectivity index (χ3v) is 3.44. The summed E-state index contributed by atoms with van der Waals surface area (Å²) in [5, 5.41) is 8.28. The van der Waals surface area contributed by atoms with E-state index in [1.54, 1.807) is 25.7 Å². The van der Waals surface area contributed by atoms with E-state index in [0.29, 0.717) is 5.15 Å². The molecule has 104 valence electrons. The van der Waals surface area contributed by atoms with Crippen LogP contribution in [0.25, 0.3) is 22.3 Å². The first-order valence-electron chi connectivity index (χ1n) is 6.35. The summed E-state index contributed by atoms with van der Waals surface area (Å²) >= 11 is 6.25. The zero-order chi connectivity index (χ0) is 14.7. The fraction of sp³-hybridized carbons (Fsp3) is 0.0625. The van der Waals surface area contributed by atoms with Crippen molar-refractivity contribution in [2.75, 3.05) is 7.11 Å². The fourth-order valence-electron chi connectivity index (χ4n) is 2.15. The molecule has 2 aromatic heterocycles. The van der Waals surface area contributed by atoms with Gasteiger partial charge in [-0.1, -0.05) is 23.7 Å². The second kappa shape index (κ2) is 5.89. The van der Waals surface area contributed by atoms with Gasteiger partial charge in [0, 0.05) is 23.5 Å². The van der Waals surface area contributed by atoms with Gasteiger partial charge in [-0.2, -0.15) is 5.10 Å². The predicted molar refractivity (Wildman–Crippen MR) is 82.3 cm³/mol. The van der Waals surface area contributed by atoms with Crippen LogP contribution in [0.2, 0.25) is 5.15 Å². The lowest BCUT2D eigenvalue weighted by Gasteiger charge is -2.10. The molecule has 4 nitrogen and oxygen atoms in total. The first-order valence-corrected chi connectivity index (χ1v) is 6.73. The van der Waals surface area contributed by atoms with Crippen LogP contribution in [0.3, 0.4) is 0 Å². The van der Waals surface area contributed by atoms with Gasteiger partial charge in [0.15, 0.2) is 5.15 Å². The van der Waals surface area contributed by atoms with E-state index in [2.05, 4.69) is 15.2 Å². The molecule has 0 amide bonds. The molecule has 0 saturated heterocycles. The summed E-state index contributed by atoms with van der Waals surface area (Å²) < 4.78 is 5.18. The Balaban J connectivity index is 2.16. The Labute approximate surface area is 127 Å². The number of aromatic nitrogens is 3. The van der Waals surface area contributed by atoms with Crippen LogP contribution in [-0.4, -0.2) is 22.3 Å². The Morgan fingerprint density at radius 3 is 2.33 bits per heavy atom. The van der Waals surface area contributed by atoms with Crippen LogP contribution >= 0.6 is 11.6 Å². The van der Waals surface area contributed by atoms with Crippen molar-refractivity contribution >= 4 is 11.6 Å². The van der Waals surface area contributed by atoms with E-state index in [1.807, 2.05) is 36.4 Å². The van der Waals surface area contributed by atoms with Gasteiger partial charge in [-0.3, -0.25) is 4.98 Å². The highest BCUT2D eigenvalue weighted by atomic mass is 35.5. The smallest absolute Gasteiger partial charge is 0.160 e. The largest absolute Gasteiger partial charge is 0.497 e. The minimum absolute atomic E-state index is 0.370. The van der Waals surface area contributed by atoms with Crippen molar-refractivity contribution in [3.05, 3.63) is 60.1 Å². The summed E-state index contributed by atoms with van der Waals surface area (Å²) in [4.78, 5) is 4.03. The summed E-state index contributed by atoms with van der Waals surface area (Å²) in [6, 6.07) is 11.5. The molecule has 3 rings (SSSR count). The van der Waals surface area contributed by atoms with Gasteiger partial charge in [0.2, 0.25) is 0 Å². The molecule has 0 aliphatic rings. The molecule has 0 spiro atoms. The van der Waals surface area contributed by atoms with E-state index >= 15 is 0 Å². The molecule has 0 aliphatic heterocycles. The summed E-state index contributed by atoms with van der Waals surface area (Å²) in [6.45, 7) is 0. The molecule has 3 aromatic rings. The van der Waals surface area contributed by atoms with Crippen molar-refractivity contribution in [3.8, 4) is 28.0 Å². The Morgan fingerprint density at radius 1 is 0.952 bits per heavy atom. The molecule has 0 atom stereocenters. The van der Waals surface area contributed by atoms with E-state index in [9.17, 15) is 0 Å². The van der Waals surface area contributed by atoms with Gasteiger partial charge in [-0.25, -0.2) is 0 Å². The molecule has 0 fully saturated rings. The monoisotopic (exact) mass is 297 g/mol. The zero-order valence-electron chi connectivity index (χ0n) is 11.3. The molecule has 0 aliphatic carbocycles. The molecule has 2 heterocycles. The van der Waals surface area contributed by atoms with E-state index in [0.717, 1.165) is 28.0 Å². The lowest BCUT2D eigenvalue weighted by molar-refractivity contribution is 0.415. The van der Waals surface area contributed by atoms with Crippen LogP contribution in [0.5, 0.6) is 5.75 Å². The van der Waals surface area contributed by atoms with Crippen LogP contribution < -0.4 is 4.74 Å². The summed E-state index contributed by atoms with van der Waals surface area (Å²) in [5.41, 5.74) is 3.72. The average Bonchev–Trinajstić information content (AvgIpc) is 2.55. The number of benzene rings is 1. The Hall–Kier alpha value is -2.46. The van der Waals surface area contributed by atoms with E-state index in [1.165, 1.54) is 0 Å². The molecule has 21 heavy (non-hydrogen) atoms. The molecule has 5 heteroatoms. The Bertz CT molecular complexity index is 745. The van der Waals surface area contributed by atoms with Gasteiger partial charge in [0.25, 0.3) is 0 Å². The summed E-state index contributed by atoms with van der Waals surface area (Å²) in [5.74, 6) is 0.803. The van der Waals surface area contributed by atoms with Gasteiger partial charge >= 0.3 is 0 Å². The van der Waals surface area contributed by atoms with Crippen LogP contribution in [-0.2, 0) is 0 Å². The molecule has 0 unspecified atom stereocenters. The Kier molecular flexibility index (Phi) is 3.79. The molecule has 0 bridgehead atoms. The van der Waals surface area contributed by atoms with E-state index in [4.69, 9.17) is 16.3 Å². The molecule has 1 aromatic carbocycles. The first kappa shape index (κ1) is 13.5. The third-order valence-electron chi connectivity index (χ3n) is 3.18. The second-order valence-electron chi connectivity index (χ2n) is 4.39. The van der Waals surface area contributed by atoms with Crippen LogP contribution in [0.4, 0.5) is 0 Å². The van der Waals surface area contributed by atoms with E-state index in [-0.39, 0.29) is 0 Å². The molecule has 0 saturated carbocycles. The van der Waals surface area contributed by atoms with Crippen molar-refractivity contribution in [2.45, 2.75) is 0 Å². The second-order valence-corrected chi connectivity index (χ2v) is 4.75. The number of nitrogens with zero attached hydrogens (tertiary/aromatic N) is 3. The van der Waals surface area contributed by atoms with Gasteiger partial charge in [-0.15, -0.1) is 5.10 Å². The zero-order valence-corrected chi connectivity index (χ0v) is 12.1. The maximum Gasteiger partial charge on any atom is 0.160 e. The number of hydrogen-bond donors (Lipinski definition) is 0. The van der Waals surface area contributed by atoms with Crippen molar-refractivity contribution < 1.29 is 4.74 Å². The van der Waals surface area contributed by atoms with Gasteiger partial charge in [0.1, 0.15) is 5.75 Å². The topological polar surface area (TPSA) is 47.9 Å². The number of pyridine rings is 1. The Morgan fingerprint density at radius 2 is 1.67 bits per heavy atom. The fourth-order valence-corrected chi connectivity index (χ4v) is 2.40. The van der Waals surface area contributed by atoms with Crippen molar-refractivity contribution in [3.63, 3.8) is 0 Å².